The third-order valence-electron chi connectivity index (χ3n) is 6.51. The van der Waals surface area contributed by atoms with Crippen LogP contribution in [0.4, 0.5) is 5.95 Å². The fourth-order valence-corrected chi connectivity index (χ4v) is 5.00. The van der Waals surface area contributed by atoms with Crippen LogP contribution in [0.3, 0.4) is 0 Å². The Morgan fingerprint density at radius 3 is 2.22 bits per heavy atom. The number of piperidine rings is 1. The van der Waals surface area contributed by atoms with E-state index >= 15 is 0 Å². The molecule has 32 heavy (non-hydrogen) atoms. The molecule has 1 saturated carbocycles. The second kappa shape index (κ2) is 8.16. The first kappa shape index (κ1) is 20.9. The van der Waals surface area contributed by atoms with Crippen molar-refractivity contribution < 1.29 is 13.2 Å². The molecule has 0 N–H and O–H groups in total. The maximum absolute atomic E-state index is 11.6. The molecule has 7 nitrogen and oxygen atoms in total. The van der Waals surface area contributed by atoms with Gasteiger partial charge in [0, 0.05) is 49.4 Å². The number of fused-ring (bicyclic) bond motifs is 1. The number of ether oxygens (including phenoxy) is 1. The monoisotopic (exact) mass is 450 g/mol. The Kier molecular flexibility index (Phi) is 5.33. The molecule has 1 saturated heterocycles. The molecule has 0 amide bonds. The van der Waals surface area contributed by atoms with Gasteiger partial charge in [-0.05, 0) is 60.2 Å². The van der Waals surface area contributed by atoms with Crippen LogP contribution in [-0.2, 0) is 16.3 Å². The minimum absolute atomic E-state index is 0.222. The van der Waals surface area contributed by atoms with Crippen molar-refractivity contribution in [3.63, 3.8) is 0 Å². The van der Waals surface area contributed by atoms with Crippen LogP contribution >= 0.6 is 0 Å². The van der Waals surface area contributed by atoms with Gasteiger partial charge in [-0.2, -0.15) is 0 Å². The Morgan fingerprint density at radius 2 is 1.66 bits per heavy atom. The Balaban J connectivity index is 1.13. The van der Waals surface area contributed by atoms with E-state index < -0.39 is 9.84 Å². The van der Waals surface area contributed by atoms with Crippen molar-refractivity contribution in [2.75, 3.05) is 30.9 Å². The molecule has 2 atom stereocenters. The lowest BCUT2D eigenvalue weighted by Crippen LogP contribution is -2.27. The summed E-state index contributed by atoms with van der Waals surface area (Å²) in [4.78, 5) is 15.8. The predicted molar refractivity (Wildman–Crippen MR) is 122 cm³/mol. The molecule has 2 aromatic heterocycles. The quantitative estimate of drug-likeness (QED) is 0.546. The van der Waals surface area contributed by atoms with Gasteiger partial charge in [-0.25, -0.2) is 18.4 Å². The number of anilines is 1. The molecular weight excluding hydrogens is 424 g/mol. The molecule has 5 rings (SSSR count). The Labute approximate surface area is 188 Å². The van der Waals surface area contributed by atoms with E-state index in [2.05, 4.69) is 26.8 Å². The third kappa shape index (κ3) is 4.19. The van der Waals surface area contributed by atoms with Gasteiger partial charge in [0.2, 0.25) is 5.95 Å². The zero-order valence-corrected chi connectivity index (χ0v) is 19.0. The van der Waals surface area contributed by atoms with E-state index in [0.29, 0.717) is 17.8 Å². The first-order valence-corrected chi connectivity index (χ1v) is 12.8. The Morgan fingerprint density at radius 1 is 0.969 bits per heavy atom. The lowest BCUT2D eigenvalue weighted by atomic mass is 10.1. The molecule has 2 aliphatic rings. The molecule has 3 aromatic rings. The van der Waals surface area contributed by atoms with Gasteiger partial charge in [0.05, 0.1) is 17.2 Å². The number of pyridine rings is 1. The molecule has 1 aliphatic heterocycles. The lowest BCUT2D eigenvalue weighted by molar-refractivity contribution is 0.283. The van der Waals surface area contributed by atoms with E-state index in [1.165, 1.54) is 12.5 Å². The van der Waals surface area contributed by atoms with Crippen molar-refractivity contribution in [1.82, 2.24) is 15.0 Å². The maximum atomic E-state index is 11.6. The van der Waals surface area contributed by atoms with E-state index in [1.54, 1.807) is 12.1 Å². The van der Waals surface area contributed by atoms with Crippen LogP contribution in [-0.4, -0.2) is 49.3 Å². The number of aromatic nitrogens is 3. The number of hydrogen-bond donors (Lipinski definition) is 0. The minimum Gasteiger partial charge on any atom is -0.493 e. The topological polar surface area (TPSA) is 85.3 Å². The minimum atomic E-state index is -3.24. The average molecular weight is 451 g/mol. The summed E-state index contributed by atoms with van der Waals surface area (Å²) in [5.74, 6) is 3.57. The largest absolute Gasteiger partial charge is 0.493 e. The first-order chi connectivity index (χ1) is 15.4. The Hall–Kier alpha value is -3.00. The van der Waals surface area contributed by atoms with Gasteiger partial charge < -0.3 is 9.64 Å². The highest BCUT2D eigenvalue weighted by Gasteiger charge is 2.56. The molecule has 8 heteroatoms. The highest BCUT2D eigenvalue weighted by atomic mass is 32.2. The van der Waals surface area contributed by atoms with Crippen LogP contribution in [0.2, 0.25) is 0 Å². The fraction of sp³-hybridized carbons (Fsp3) is 0.375. The molecule has 1 aliphatic carbocycles. The summed E-state index contributed by atoms with van der Waals surface area (Å²) in [6, 6.07) is 11.1. The number of sulfone groups is 1. The van der Waals surface area contributed by atoms with Crippen LogP contribution in [0, 0.1) is 17.8 Å². The molecule has 0 radical (unpaired) electrons. The van der Waals surface area contributed by atoms with E-state index in [4.69, 9.17) is 4.74 Å². The molecule has 2 unspecified atom stereocenters. The van der Waals surface area contributed by atoms with E-state index in [0.717, 1.165) is 54.6 Å². The van der Waals surface area contributed by atoms with Gasteiger partial charge in [-0.1, -0.05) is 6.92 Å². The van der Waals surface area contributed by atoms with Gasteiger partial charge in [0.25, 0.3) is 0 Å². The summed E-state index contributed by atoms with van der Waals surface area (Å²) < 4.78 is 29.2. The maximum Gasteiger partial charge on any atom is 0.225 e. The van der Waals surface area contributed by atoms with E-state index in [9.17, 15) is 8.42 Å². The van der Waals surface area contributed by atoms with Gasteiger partial charge in [0.15, 0.2) is 9.84 Å². The van der Waals surface area contributed by atoms with Crippen LogP contribution < -0.4 is 9.64 Å². The normalized spacial score (nSPS) is 21.9. The zero-order chi connectivity index (χ0) is 22.3. The molecule has 2 fully saturated rings. The summed E-state index contributed by atoms with van der Waals surface area (Å²) in [5, 5.41) is 0. The van der Waals surface area contributed by atoms with Gasteiger partial charge >= 0.3 is 0 Å². The molecular formula is C24H26N4O3S. The lowest BCUT2D eigenvalue weighted by Gasteiger charge is -2.19. The summed E-state index contributed by atoms with van der Waals surface area (Å²) in [6.45, 7) is 4.83. The highest BCUT2D eigenvalue weighted by molar-refractivity contribution is 7.90. The van der Waals surface area contributed by atoms with Crippen molar-refractivity contribution in [3.8, 4) is 17.0 Å². The number of aryl methyl sites for hydroxylation is 1. The van der Waals surface area contributed by atoms with Crippen molar-refractivity contribution >= 4 is 15.8 Å². The van der Waals surface area contributed by atoms with Crippen molar-refractivity contribution in [2.24, 2.45) is 17.8 Å². The fourth-order valence-electron chi connectivity index (χ4n) is 4.44. The zero-order valence-electron chi connectivity index (χ0n) is 18.2. The van der Waals surface area contributed by atoms with Crippen LogP contribution in [0.1, 0.15) is 12.5 Å². The number of rotatable bonds is 7. The van der Waals surface area contributed by atoms with Crippen molar-refractivity contribution in [2.45, 2.75) is 18.2 Å². The molecule has 3 heterocycles. The van der Waals surface area contributed by atoms with E-state index in [1.807, 2.05) is 36.7 Å². The van der Waals surface area contributed by atoms with Crippen molar-refractivity contribution in [1.29, 1.82) is 0 Å². The van der Waals surface area contributed by atoms with Gasteiger partial charge in [0.1, 0.15) is 5.75 Å². The predicted octanol–water partition coefficient (Wildman–Crippen LogP) is 3.27. The van der Waals surface area contributed by atoms with Crippen LogP contribution in [0.15, 0.2) is 59.9 Å². The Bertz CT molecular complexity index is 1180. The second-order valence-electron chi connectivity index (χ2n) is 8.63. The first-order valence-electron chi connectivity index (χ1n) is 10.9. The van der Waals surface area contributed by atoms with Gasteiger partial charge in [-0.15, -0.1) is 0 Å². The van der Waals surface area contributed by atoms with Gasteiger partial charge in [-0.3, -0.25) is 4.98 Å². The highest BCUT2D eigenvalue weighted by Crippen LogP contribution is 2.52. The molecule has 0 spiro atoms. The molecule has 0 bridgehead atoms. The third-order valence-corrected chi connectivity index (χ3v) is 7.61. The van der Waals surface area contributed by atoms with Crippen molar-refractivity contribution in [3.05, 3.63) is 60.6 Å². The van der Waals surface area contributed by atoms with E-state index in [-0.39, 0.29) is 4.90 Å². The number of hydrogen-bond acceptors (Lipinski definition) is 7. The number of nitrogens with zero attached hydrogens (tertiary/aromatic N) is 4. The molecule has 1 aromatic carbocycles. The summed E-state index contributed by atoms with van der Waals surface area (Å²) in [6.07, 6.45) is 7.38. The van der Waals surface area contributed by atoms with Crippen LogP contribution in [0.25, 0.3) is 11.3 Å². The SMILES string of the molecule is CCc1cnc(N2CC3C(COc4ccc(-c5ccc(S(C)(=O)=O)cn5)cc4)C3C2)nc1. The number of benzene rings is 1. The smallest absolute Gasteiger partial charge is 0.225 e. The average Bonchev–Trinajstić information content (AvgIpc) is 3.26. The standard InChI is InChI=1S/C24H26N4O3S/c1-3-16-10-26-24(27-11-16)28-13-20-21(14-28)22(20)15-31-18-6-4-17(5-7-18)23-9-8-19(12-25-23)32(2,29)30/h4-12,20-22H,3,13-15H2,1-2H3. The summed E-state index contributed by atoms with van der Waals surface area (Å²) in [5.41, 5.74) is 2.82. The summed E-state index contributed by atoms with van der Waals surface area (Å²) >= 11 is 0. The molecule has 166 valence electrons. The second-order valence-corrected chi connectivity index (χ2v) is 10.6. The van der Waals surface area contributed by atoms with Crippen LogP contribution in [0.5, 0.6) is 5.75 Å². The summed E-state index contributed by atoms with van der Waals surface area (Å²) in [7, 11) is -3.24.